The zero-order valence-electron chi connectivity index (χ0n) is 14.4. The molecule has 4 nitrogen and oxygen atoms in total. The van der Waals surface area contributed by atoms with Crippen LogP contribution in [0.2, 0.25) is 0 Å². The largest absolute Gasteiger partial charge is 0.481 e. The van der Waals surface area contributed by atoms with Crippen LogP contribution < -0.4 is 0 Å². The molecule has 0 saturated carbocycles. The molecule has 7 atom stereocenters. The van der Waals surface area contributed by atoms with Crippen molar-refractivity contribution in [3.05, 3.63) is 23.8 Å². The molecule has 0 aromatic heterocycles. The van der Waals surface area contributed by atoms with Gasteiger partial charge in [0.15, 0.2) is 0 Å². The Morgan fingerprint density at radius 2 is 2.12 bits per heavy atom. The van der Waals surface area contributed by atoms with Crippen LogP contribution in [0.5, 0.6) is 0 Å². The fraction of sp³-hybridized carbons (Fsp3) is 0.737. The zero-order chi connectivity index (χ0) is 17.9. The van der Waals surface area contributed by atoms with Gasteiger partial charge < -0.3 is 15.3 Å². The molecule has 0 bridgehead atoms. The van der Waals surface area contributed by atoms with Crippen LogP contribution in [0.3, 0.4) is 0 Å². The van der Waals surface area contributed by atoms with Crippen molar-refractivity contribution in [2.75, 3.05) is 0 Å². The number of rotatable bonds is 7. The van der Waals surface area contributed by atoms with Crippen LogP contribution in [-0.2, 0) is 4.79 Å². The molecule has 0 amide bonds. The van der Waals surface area contributed by atoms with E-state index in [4.69, 9.17) is 5.11 Å². The van der Waals surface area contributed by atoms with Crippen LogP contribution in [0, 0.1) is 23.7 Å². The van der Waals surface area contributed by atoms with E-state index in [9.17, 15) is 19.4 Å². The van der Waals surface area contributed by atoms with Crippen molar-refractivity contribution in [3.8, 4) is 0 Å². The summed E-state index contributed by atoms with van der Waals surface area (Å²) < 4.78 is 13.5. The molecule has 1 unspecified atom stereocenters. The number of aliphatic carboxylic acids is 1. The maximum absolute atomic E-state index is 13.5. The SMILES string of the molecule is C[C@H]1C=C2C=C[C@H](C)[C@H](CC[C@@H](O)C[C@H](F)CC(=O)O)C2[C@@H](O)C1. The number of carbonyl (C=O) groups is 1. The normalized spacial score (nSPS) is 35.0. The lowest BCUT2D eigenvalue weighted by Crippen LogP contribution is -2.38. The Bertz CT molecular complexity index is 502. The molecule has 2 rings (SSSR count). The molecule has 5 heteroatoms. The molecule has 136 valence electrons. The monoisotopic (exact) mass is 340 g/mol. The first-order valence-electron chi connectivity index (χ1n) is 8.89. The molecule has 0 saturated heterocycles. The minimum atomic E-state index is -1.52. The predicted molar refractivity (Wildman–Crippen MR) is 90.2 cm³/mol. The van der Waals surface area contributed by atoms with Gasteiger partial charge in [0, 0.05) is 12.3 Å². The highest BCUT2D eigenvalue weighted by Crippen LogP contribution is 2.43. The summed E-state index contributed by atoms with van der Waals surface area (Å²) in [6.45, 7) is 4.21. The number of hydrogen-bond acceptors (Lipinski definition) is 3. The van der Waals surface area contributed by atoms with Gasteiger partial charge >= 0.3 is 5.97 Å². The minimum absolute atomic E-state index is 0.0774. The molecule has 0 heterocycles. The van der Waals surface area contributed by atoms with Crippen molar-refractivity contribution >= 4 is 5.97 Å². The average molecular weight is 340 g/mol. The summed E-state index contributed by atoms with van der Waals surface area (Å²) in [7, 11) is 0. The van der Waals surface area contributed by atoms with E-state index in [2.05, 4.69) is 32.1 Å². The molecule has 0 aromatic carbocycles. The number of halogens is 1. The molecule has 3 N–H and O–H groups in total. The number of fused-ring (bicyclic) bond motifs is 1. The van der Waals surface area contributed by atoms with Crippen LogP contribution in [0.4, 0.5) is 4.39 Å². The molecular weight excluding hydrogens is 311 g/mol. The van der Waals surface area contributed by atoms with E-state index in [1.807, 2.05) is 0 Å². The third-order valence-electron chi connectivity index (χ3n) is 5.38. The number of allylic oxidation sites excluding steroid dienone is 3. The third-order valence-corrected chi connectivity index (χ3v) is 5.38. The van der Waals surface area contributed by atoms with Gasteiger partial charge in [-0.05, 0) is 42.6 Å². The molecule has 0 radical (unpaired) electrons. The molecule has 0 spiro atoms. The van der Waals surface area contributed by atoms with Crippen LogP contribution in [-0.4, -0.2) is 39.7 Å². The Labute approximate surface area is 143 Å². The van der Waals surface area contributed by atoms with Gasteiger partial charge in [-0.15, -0.1) is 0 Å². The molecular formula is C19H29FO4. The summed E-state index contributed by atoms with van der Waals surface area (Å²) in [6.07, 6.45) is 4.89. The molecule has 0 aliphatic heterocycles. The summed E-state index contributed by atoms with van der Waals surface area (Å²) in [5.41, 5.74) is 1.17. The van der Waals surface area contributed by atoms with E-state index in [1.54, 1.807) is 0 Å². The quantitative estimate of drug-likeness (QED) is 0.665. The van der Waals surface area contributed by atoms with Crippen LogP contribution in [0.15, 0.2) is 23.8 Å². The van der Waals surface area contributed by atoms with Crippen molar-refractivity contribution in [1.82, 2.24) is 0 Å². The highest BCUT2D eigenvalue weighted by atomic mass is 19.1. The number of hydrogen-bond donors (Lipinski definition) is 3. The van der Waals surface area contributed by atoms with Gasteiger partial charge in [0.2, 0.25) is 0 Å². The molecule has 0 aromatic rings. The fourth-order valence-corrected chi connectivity index (χ4v) is 4.20. The second-order valence-corrected chi connectivity index (χ2v) is 7.52. The zero-order valence-corrected chi connectivity index (χ0v) is 14.4. The summed E-state index contributed by atoms with van der Waals surface area (Å²) in [6, 6.07) is 0. The molecule has 24 heavy (non-hydrogen) atoms. The Morgan fingerprint density at radius 1 is 1.42 bits per heavy atom. The summed E-state index contributed by atoms with van der Waals surface area (Å²) in [5.74, 6) is -0.235. The topological polar surface area (TPSA) is 77.8 Å². The maximum atomic E-state index is 13.5. The third kappa shape index (κ3) is 4.90. The van der Waals surface area contributed by atoms with Crippen molar-refractivity contribution in [2.24, 2.45) is 23.7 Å². The van der Waals surface area contributed by atoms with Crippen molar-refractivity contribution in [1.29, 1.82) is 0 Å². The molecule has 2 aliphatic carbocycles. The highest BCUT2D eigenvalue weighted by molar-refractivity contribution is 5.67. The Morgan fingerprint density at radius 3 is 2.79 bits per heavy atom. The van der Waals surface area contributed by atoms with E-state index in [0.29, 0.717) is 24.7 Å². The smallest absolute Gasteiger partial charge is 0.306 e. The van der Waals surface area contributed by atoms with Gasteiger partial charge in [-0.25, -0.2) is 4.39 Å². The van der Waals surface area contributed by atoms with Gasteiger partial charge in [-0.1, -0.05) is 32.1 Å². The lowest BCUT2D eigenvalue weighted by atomic mass is 9.65. The van der Waals surface area contributed by atoms with E-state index in [1.165, 1.54) is 5.57 Å². The first-order chi connectivity index (χ1) is 11.3. The fourth-order valence-electron chi connectivity index (χ4n) is 4.20. The number of alkyl halides is 1. The first kappa shape index (κ1) is 19.1. The maximum Gasteiger partial charge on any atom is 0.306 e. The van der Waals surface area contributed by atoms with Gasteiger partial charge in [-0.2, -0.15) is 0 Å². The molecule has 2 aliphatic rings. The van der Waals surface area contributed by atoms with Crippen molar-refractivity contribution in [3.63, 3.8) is 0 Å². The van der Waals surface area contributed by atoms with Crippen molar-refractivity contribution in [2.45, 2.75) is 64.3 Å². The standard InChI is InChI=1S/C19H29FO4/c1-11-7-13-4-3-12(2)16(19(13)17(22)8-11)6-5-15(21)9-14(20)10-18(23)24/h3-4,7,11-12,14-17,19,21-22H,5-6,8-10H2,1-2H3,(H,23,24)/t11-,12-,14-,15+,16-,17-,19?/m0/s1. The van der Waals surface area contributed by atoms with Crippen molar-refractivity contribution < 1.29 is 24.5 Å². The Kier molecular flexibility index (Phi) is 6.58. The second-order valence-electron chi connectivity index (χ2n) is 7.52. The lowest BCUT2D eigenvalue weighted by Gasteiger charge is -2.41. The Balaban J connectivity index is 1.94. The van der Waals surface area contributed by atoms with E-state index in [0.717, 1.165) is 6.42 Å². The summed E-state index contributed by atoms with van der Waals surface area (Å²) >= 11 is 0. The molecule has 0 fully saturated rings. The van der Waals surface area contributed by atoms with Gasteiger partial charge in [0.25, 0.3) is 0 Å². The number of aliphatic hydroxyl groups excluding tert-OH is 2. The minimum Gasteiger partial charge on any atom is -0.481 e. The first-order valence-corrected chi connectivity index (χ1v) is 8.89. The highest BCUT2D eigenvalue weighted by Gasteiger charge is 2.38. The van der Waals surface area contributed by atoms with Gasteiger partial charge in [0.1, 0.15) is 6.17 Å². The van der Waals surface area contributed by atoms with E-state index in [-0.39, 0.29) is 24.4 Å². The van der Waals surface area contributed by atoms with Crippen LogP contribution in [0.1, 0.15) is 46.0 Å². The number of carboxylic acids is 1. The predicted octanol–water partition coefficient (Wildman–Crippen LogP) is 3.10. The number of aliphatic hydroxyl groups is 2. The summed E-state index contributed by atoms with van der Waals surface area (Å²) in [5, 5.41) is 29.1. The van der Waals surface area contributed by atoms with Crippen LogP contribution >= 0.6 is 0 Å². The lowest BCUT2D eigenvalue weighted by molar-refractivity contribution is -0.138. The van der Waals surface area contributed by atoms with E-state index >= 15 is 0 Å². The van der Waals surface area contributed by atoms with Gasteiger partial charge in [-0.3, -0.25) is 4.79 Å². The number of carboxylic acid groups (broad SMARTS) is 1. The second kappa shape index (κ2) is 8.26. The van der Waals surface area contributed by atoms with E-state index < -0.39 is 24.7 Å². The van der Waals surface area contributed by atoms with Crippen LogP contribution in [0.25, 0.3) is 0 Å². The Hall–Kier alpha value is -1.20. The average Bonchev–Trinajstić information content (AvgIpc) is 2.45. The van der Waals surface area contributed by atoms with Gasteiger partial charge in [0.05, 0.1) is 18.6 Å². The summed E-state index contributed by atoms with van der Waals surface area (Å²) in [4.78, 5) is 10.5.